The quantitative estimate of drug-likeness (QED) is 0.175. The fourth-order valence-electron chi connectivity index (χ4n) is 8.08. The van der Waals surface area contributed by atoms with E-state index in [1.54, 1.807) is 11.8 Å². The van der Waals surface area contributed by atoms with Gasteiger partial charge in [0.1, 0.15) is 11.5 Å². The lowest BCUT2D eigenvalue weighted by Crippen LogP contribution is -2.10. The van der Waals surface area contributed by atoms with E-state index in [1.165, 1.54) is 50.9 Å². The molecular weight excluding hydrogens is 703 g/mol. The number of hydrogen-bond acceptors (Lipinski definition) is 4. The lowest BCUT2D eigenvalue weighted by atomic mass is 10.0. The summed E-state index contributed by atoms with van der Waals surface area (Å²) in [6.45, 7) is 0. The van der Waals surface area contributed by atoms with Crippen molar-refractivity contribution in [3.8, 4) is 22.6 Å². The van der Waals surface area contributed by atoms with E-state index < -0.39 is 10.0 Å². The molecule has 0 fully saturated rings. The average Bonchev–Trinajstić information content (AvgIpc) is 3.75. The number of hydrogen-bond donors (Lipinski definition) is 0. The standard InChI is InChI=1S/C48H31NOS3/c1-3-13-32(14-4-1)49(33-15-5-2-6-16-33)34-23-25-35(26-24-34)53(36-27-28-42-39(31-36)37-17-7-10-20-41(37)51-42)45-22-12-8-18-38(45)47-46(53)30-29-44-48(47)50-40-19-9-11-21-43(40)52-44/h1-31H. The molecule has 3 heterocycles. The minimum absolute atomic E-state index is 0.917. The monoisotopic (exact) mass is 733 g/mol. The van der Waals surface area contributed by atoms with Crippen LogP contribution in [0.1, 0.15) is 0 Å². The van der Waals surface area contributed by atoms with Gasteiger partial charge in [-0.2, -0.15) is 0 Å². The number of rotatable bonds is 5. The molecule has 8 aromatic carbocycles. The fraction of sp³-hybridized carbons (Fsp3) is 0. The summed E-state index contributed by atoms with van der Waals surface area (Å²) >= 11 is 3.67. The van der Waals surface area contributed by atoms with Crippen LogP contribution in [0.3, 0.4) is 0 Å². The Morgan fingerprint density at radius 2 is 1.09 bits per heavy atom. The summed E-state index contributed by atoms with van der Waals surface area (Å²) in [4.78, 5) is 9.96. The third-order valence-corrected chi connectivity index (χ3v) is 16.6. The molecule has 11 rings (SSSR count). The van der Waals surface area contributed by atoms with Gasteiger partial charge in [0.25, 0.3) is 0 Å². The largest absolute Gasteiger partial charge is 0.454 e. The van der Waals surface area contributed by atoms with Crippen molar-refractivity contribution < 1.29 is 4.74 Å². The van der Waals surface area contributed by atoms with Crippen molar-refractivity contribution in [3.05, 3.63) is 188 Å². The first-order valence-electron chi connectivity index (χ1n) is 17.7. The topological polar surface area (TPSA) is 12.5 Å². The molecule has 1 unspecified atom stereocenters. The molecule has 0 radical (unpaired) electrons. The maximum Gasteiger partial charge on any atom is 0.150 e. The molecule has 0 amide bonds. The Morgan fingerprint density at radius 1 is 0.453 bits per heavy atom. The third kappa shape index (κ3) is 4.68. The maximum atomic E-state index is 6.89. The van der Waals surface area contributed by atoms with Gasteiger partial charge >= 0.3 is 0 Å². The highest BCUT2D eigenvalue weighted by Crippen LogP contribution is 2.81. The number of nitrogens with zero attached hydrogens (tertiary/aromatic N) is 1. The van der Waals surface area contributed by atoms with E-state index in [2.05, 4.69) is 193 Å². The lowest BCUT2D eigenvalue weighted by Gasteiger charge is -2.40. The second-order valence-corrected chi connectivity index (χ2v) is 18.5. The average molecular weight is 734 g/mol. The molecule has 2 aliphatic heterocycles. The van der Waals surface area contributed by atoms with Crippen LogP contribution >= 0.6 is 33.1 Å². The van der Waals surface area contributed by atoms with Gasteiger partial charge < -0.3 is 9.64 Å². The van der Waals surface area contributed by atoms with Crippen LogP contribution in [-0.2, 0) is 0 Å². The Kier molecular flexibility index (Phi) is 7.09. The zero-order chi connectivity index (χ0) is 34.9. The van der Waals surface area contributed by atoms with E-state index in [0.29, 0.717) is 0 Å². The van der Waals surface area contributed by atoms with Crippen LogP contribution in [0, 0.1) is 0 Å². The summed E-state index contributed by atoms with van der Waals surface area (Å²) in [6, 6.07) is 68.9. The summed E-state index contributed by atoms with van der Waals surface area (Å²) in [5.41, 5.74) is 5.84. The smallest absolute Gasteiger partial charge is 0.150 e. The highest BCUT2D eigenvalue weighted by atomic mass is 32.3. The minimum Gasteiger partial charge on any atom is -0.454 e. The van der Waals surface area contributed by atoms with Crippen LogP contribution < -0.4 is 9.64 Å². The number of para-hydroxylation sites is 3. The molecule has 5 heteroatoms. The Morgan fingerprint density at radius 3 is 1.91 bits per heavy atom. The van der Waals surface area contributed by atoms with Gasteiger partial charge in [0.2, 0.25) is 0 Å². The predicted molar refractivity (Wildman–Crippen MR) is 224 cm³/mol. The van der Waals surface area contributed by atoms with Crippen molar-refractivity contribution in [2.45, 2.75) is 29.4 Å². The number of fused-ring (bicyclic) bond motifs is 9. The van der Waals surface area contributed by atoms with Crippen molar-refractivity contribution in [2.24, 2.45) is 0 Å². The highest BCUT2D eigenvalue weighted by Gasteiger charge is 2.45. The zero-order valence-electron chi connectivity index (χ0n) is 28.5. The zero-order valence-corrected chi connectivity index (χ0v) is 30.9. The highest BCUT2D eigenvalue weighted by molar-refractivity contribution is 8.34. The second-order valence-electron chi connectivity index (χ2n) is 13.3. The van der Waals surface area contributed by atoms with Gasteiger partial charge in [-0.1, -0.05) is 96.7 Å². The molecule has 2 nitrogen and oxygen atoms in total. The molecule has 0 bridgehead atoms. The number of benzene rings is 8. The van der Waals surface area contributed by atoms with Crippen LogP contribution in [0.5, 0.6) is 11.5 Å². The fourth-order valence-corrected chi connectivity index (χ4v) is 14.3. The first-order chi connectivity index (χ1) is 26.3. The van der Waals surface area contributed by atoms with Crippen molar-refractivity contribution in [1.82, 2.24) is 0 Å². The minimum atomic E-state index is -1.96. The molecule has 0 aliphatic carbocycles. The molecule has 0 N–H and O–H groups in total. The van der Waals surface area contributed by atoms with Crippen molar-refractivity contribution in [3.63, 3.8) is 0 Å². The van der Waals surface area contributed by atoms with E-state index >= 15 is 0 Å². The molecule has 1 aromatic heterocycles. The molecule has 2 aliphatic rings. The van der Waals surface area contributed by atoms with E-state index in [9.17, 15) is 0 Å². The molecule has 252 valence electrons. The number of anilines is 3. The van der Waals surface area contributed by atoms with Crippen LogP contribution in [0.15, 0.2) is 217 Å². The Hall–Kier alpha value is -5.72. The van der Waals surface area contributed by atoms with Crippen molar-refractivity contribution >= 4 is 70.4 Å². The summed E-state index contributed by atoms with van der Waals surface area (Å²) < 4.78 is 9.53. The first-order valence-corrected chi connectivity index (χ1v) is 21.0. The third-order valence-electron chi connectivity index (χ3n) is 10.4. The Balaban J connectivity index is 1.18. The van der Waals surface area contributed by atoms with Crippen LogP contribution in [0.4, 0.5) is 17.1 Å². The van der Waals surface area contributed by atoms with Crippen LogP contribution in [0.2, 0.25) is 0 Å². The van der Waals surface area contributed by atoms with Crippen molar-refractivity contribution in [2.75, 3.05) is 4.90 Å². The summed E-state index contributed by atoms with van der Waals surface area (Å²) in [5, 5.41) is 2.63. The van der Waals surface area contributed by atoms with Gasteiger partial charge in [-0.05, 0) is 109 Å². The molecule has 0 saturated heterocycles. The van der Waals surface area contributed by atoms with Crippen LogP contribution in [0.25, 0.3) is 31.3 Å². The maximum absolute atomic E-state index is 6.89. The van der Waals surface area contributed by atoms with Gasteiger partial charge in [0, 0.05) is 62.4 Å². The number of thiophene rings is 1. The van der Waals surface area contributed by atoms with E-state index in [0.717, 1.165) is 38.4 Å². The normalized spacial score (nSPS) is 16.5. The molecule has 53 heavy (non-hydrogen) atoms. The summed E-state index contributed by atoms with van der Waals surface area (Å²) in [6.07, 6.45) is 0. The molecular formula is C48H31NOS3. The van der Waals surface area contributed by atoms with Gasteiger partial charge in [0.15, 0.2) is 0 Å². The summed E-state index contributed by atoms with van der Waals surface area (Å²) in [5.74, 6) is 1.88. The SMILES string of the molecule is c1ccc(N(c2ccccc2)c2ccc(S3(c4ccc5sc6ccccc6c5c4)c4ccccc4-c4c3ccc3c4Oc4ccccc4S3)cc2)cc1. The van der Waals surface area contributed by atoms with Gasteiger partial charge in [-0.25, -0.2) is 0 Å². The van der Waals surface area contributed by atoms with E-state index in [4.69, 9.17) is 4.74 Å². The van der Waals surface area contributed by atoms with E-state index in [1.807, 2.05) is 11.3 Å². The Labute approximate surface area is 318 Å². The van der Waals surface area contributed by atoms with Crippen molar-refractivity contribution in [1.29, 1.82) is 0 Å². The molecule has 9 aromatic rings. The summed E-state index contributed by atoms with van der Waals surface area (Å²) in [7, 11) is -1.96. The second kappa shape index (κ2) is 12.2. The van der Waals surface area contributed by atoms with E-state index in [-0.39, 0.29) is 0 Å². The van der Waals surface area contributed by atoms with Crippen LogP contribution in [-0.4, -0.2) is 0 Å². The molecule has 1 atom stereocenters. The van der Waals surface area contributed by atoms with Gasteiger partial charge in [-0.15, -0.1) is 21.4 Å². The van der Waals surface area contributed by atoms with Gasteiger partial charge in [-0.3, -0.25) is 0 Å². The molecule has 0 saturated carbocycles. The lowest BCUT2D eigenvalue weighted by molar-refractivity contribution is 0.455. The predicted octanol–water partition coefficient (Wildman–Crippen LogP) is 15.1. The number of ether oxygens (including phenoxy) is 1. The Bertz CT molecular complexity index is 2810. The molecule has 0 spiro atoms. The van der Waals surface area contributed by atoms with Gasteiger partial charge in [0.05, 0.1) is 9.79 Å². The first kappa shape index (κ1) is 30.9.